The second kappa shape index (κ2) is 7.75. The van der Waals surface area contributed by atoms with Crippen LogP contribution in [0.5, 0.6) is 0 Å². The second-order valence-corrected chi connectivity index (χ2v) is 6.13. The molecule has 0 saturated heterocycles. The average molecular weight is 333 g/mol. The van der Waals surface area contributed by atoms with Crippen LogP contribution in [0.3, 0.4) is 0 Å². The molecule has 126 valence electrons. The molecule has 1 unspecified atom stereocenters. The van der Waals surface area contributed by atoms with Gasteiger partial charge >= 0.3 is 0 Å². The van der Waals surface area contributed by atoms with Crippen LogP contribution in [0, 0.1) is 12.7 Å². The highest BCUT2D eigenvalue weighted by molar-refractivity contribution is 5.79. The molecule has 1 atom stereocenters. The molecule has 0 aliphatic heterocycles. The maximum Gasteiger partial charge on any atom is 0.225 e. The quantitative estimate of drug-likeness (QED) is 0.727. The molecular weight excluding hydrogens is 313 g/mol. The summed E-state index contributed by atoms with van der Waals surface area (Å²) in [7, 11) is 0. The van der Waals surface area contributed by atoms with Gasteiger partial charge in [0.05, 0.1) is 12.5 Å². The SMILES string of the molecule is Cc1cccc(C(NC(=O)Cc2ccc(F)cc2)c2ccccc2)c1. The smallest absolute Gasteiger partial charge is 0.225 e. The summed E-state index contributed by atoms with van der Waals surface area (Å²) in [5.41, 5.74) is 4.00. The van der Waals surface area contributed by atoms with Crippen molar-refractivity contribution in [3.63, 3.8) is 0 Å². The average Bonchev–Trinajstić information content (AvgIpc) is 2.62. The van der Waals surface area contributed by atoms with Gasteiger partial charge in [-0.3, -0.25) is 4.79 Å². The summed E-state index contributed by atoms with van der Waals surface area (Å²) in [6.45, 7) is 2.03. The molecule has 3 rings (SSSR count). The number of hydrogen-bond donors (Lipinski definition) is 1. The molecule has 0 spiro atoms. The van der Waals surface area contributed by atoms with Crippen LogP contribution in [0.4, 0.5) is 4.39 Å². The second-order valence-electron chi connectivity index (χ2n) is 6.13. The van der Waals surface area contributed by atoms with E-state index in [0.717, 1.165) is 22.3 Å². The van der Waals surface area contributed by atoms with Gasteiger partial charge in [-0.15, -0.1) is 0 Å². The van der Waals surface area contributed by atoms with Crippen LogP contribution in [0.25, 0.3) is 0 Å². The Bertz CT molecular complexity index is 843. The first-order valence-corrected chi connectivity index (χ1v) is 8.27. The van der Waals surface area contributed by atoms with Crippen LogP contribution >= 0.6 is 0 Å². The van der Waals surface area contributed by atoms with Gasteiger partial charge in [-0.2, -0.15) is 0 Å². The highest BCUT2D eigenvalue weighted by Gasteiger charge is 2.17. The number of hydrogen-bond acceptors (Lipinski definition) is 1. The summed E-state index contributed by atoms with van der Waals surface area (Å²) in [5.74, 6) is -0.395. The molecule has 1 N–H and O–H groups in total. The number of amides is 1. The number of aryl methyl sites for hydroxylation is 1. The minimum atomic E-state index is -0.300. The molecule has 3 aromatic rings. The molecule has 0 radical (unpaired) electrons. The highest BCUT2D eigenvalue weighted by Crippen LogP contribution is 2.23. The lowest BCUT2D eigenvalue weighted by molar-refractivity contribution is -0.120. The van der Waals surface area contributed by atoms with Gasteiger partial charge in [0.2, 0.25) is 5.91 Å². The maximum absolute atomic E-state index is 13.0. The Morgan fingerprint density at radius 3 is 2.28 bits per heavy atom. The van der Waals surface area contributed by atoms with Crippen LogP contribution in [0.2, 0.25) is 0 Å². The van der Waals surface area contributed by atoms with Gasteiger partial charge in [0.25, 0.3) is 0 Å². The molecule has 0 aromatic heterocycles. The fourth-order valence-corrected chi connectivity index (χ4v) is 2.85. The molecule has 3 heteroatoms. The Hall–Kier alpha value is -2.94. The lowest BCUT2D eigenvalue weighted by atomic mass is 9.97. The predicted octanol–water partition coefficient (Wildman–Crippen LogP) is 4.58. The minimum Gasteiger partial charge on any atom is -0.345 e. The summed E-state index contributed by atoms with van der Waals surface area (Å²) in [6.07, 6.45) is 0.218. The summed E-state index contributed by atoms with van der Waals surface area (Å²) < 4.78 is 13.0. The van der Waals surface area contributed by atoms with E-state index in [0.29, 0.717) is 0 Å². The van der Waals surface area contributed by atoms with Gasteiger partial charge in [-0.1, -0.05) is 72.3 Å². The Balaban J connectivity index is 1.82. The van der Waals surface area contributed by atoms with E-state index in [1.54, 1.807) is 12.1 Å². The van der Waals surface area contributed by atoms with Crippen molar-refractivity contribution in [2.75, 3.05) is 0 Å². The third-order valence-electron chi connectivity index (χ3n) is 4.09. The van der Waals surface area contributed by atoms with E-state index in [2.05, 4.69) is 11.4 Å². The lowest BCUT2D eigenvalue weighted by Crippen LogP contribution is -2.30. The van der Waals surface area contributed by atoms with Gasteiger partial charge in [0.15, 0.2) is 0 Å². The molecule has 0 heterocycles. The minimum absolute atomic E-state index is 0.0954. The van der Waals surface area contributed by atoms with Crippen molar-refractivity contribution in [1.82, 2.24) is 5.32 Å². The third kappa shape index (κ3) is 4.54. The first-order valence-electron chi connectivity index (χ1n) is 8.27. The van der Waals surface area contributed by atoms with Crippen LogP contribution in [0.15, 0.2) is 78.9 Å². The van der Waals surface area contributed by atoms with Crippen molar-refractivity contribution in [3.05, 3.63) is 107 Å². The molecular formula is C22H20FNO. The normalized spacial score (nSPS) is 11.8. The Morgan fingerprint density at radius 1 is 0.920 bits per heavy atom. The van der Waals surface area contributed by atoms with Crippen LogP contribution in [-0.4, -0.2) is 5.91 Å². The van der Waals surface area contributed by atoms with E-state index in [1.807, 2.05) is 55.5 Å². The van der Waals surface area contributed by atoms with E-state index >= 15 is 0 Å². The standard InChI is InChI=1S/C22H20FNO/c1-16-6-5-9-19(14-16)22(18-7-3-2-4-8-18)24-21(25)15-17-10-12-20(23)13-11-17/h2-14,22H,15H2,1H3,(H,24,25). The molecule has 0 bridgehead atoms. The van der Waals surface area contributed by atoms with Gasteiger partial charge in [0.1, 0.15) is 5.82 Å². The van der Waals surface area contributed by atoms with Gasteiger partial charge in [0, 0.05) is 0 Å². The van der Waals surface area contributed by atoms with E-state index in [9.17, 15) is 9.18 Å². The van der Waals surface area contributed by atoms with Crippen molar-refractivity contribution >= 4 is 5.91 Å². The Kier molecular flexibility index (Phi) is 5.24. The molecule has 2 nitrogen and oxygen atoms in total. The zero-order valence-electron chi connectivity index (χ0n) is 14.1. The van der Waals surface area contributed by atoms with E-state index in [4.69, 9.17) is 0 Å². The van der Waals surface area contributed by atoms with E-state index < -0.39 is 0 Å². The molecule has 1 amide bonds. The zero-order chi connectivity index (χ0) is 17.6. The number of nitrogens with one attached hydrogen (secondary N) is 1. The van der Waals surface area contributed by atoms with Gasteiger partial charge < -0.3 is 5.32 Å². The van der Waals surface area contributed by atoms with Crippen molar-refractivity contribution in [2.24, 2.45) is 0 Å². The maximum atomic E-state index is 13.0. The Morgan fingerprint density at radius 2 is 1.60 bits per heavy atom. The Labute approximate surface area is 147 Å². The summed E-state index contributed by atoms with van der Waals surface area (Å²) >= 11 is 0. The number of carbonyl (C=O) groups excluding carboxylic acids is 1. The number of benzene rings is 3. The number of carbonyl (C=O) groups is 1. The topological polar surface area (TPSA) is 29.1 Å². The highest BCUT2D eigenvalue weighted by atomic mass is 19.1. The van der Waals surface area contributed by atoms with Crippen LogP contribution < -0.4 is 5.32 Å². The van der Waals surface area contributed by atoms with Crippen molar-refractivity contribution in [1.29, 1.82) is 0 Å². The summed E-state index contributed by atoms with van der Waals surface area (Å²) in [4.78, 5) is 12.5. The van der Waals surface area contributed by atoms with Crippen LogP contribution in [0.1, 0.15) is 28.3 Å². The first kappa shape index (κ1) is 16.9. The number of rotatable bonds is 5. The van der Waals surface area contributed by atoms with Crippen molar-refractivity contribution in [2.45, 2.75) is 19.4 Å². The molecule has 0 saturated carbocycles. The lowest BCUT2D eigenvalue weighted by Gasteiger charge is -2.20. The molecule has 0 aliphatic rings. The van der Waals surface area contributed by atoms with Crippen LogP contribution in [-0.2, 0) is 11.2 Å². The molecule has 0 aliphatic carbocycles. The molecule has 0 fully saturated rings. The first-order chi connectivity index (χ1) is 12.1. The zero-order valence-corrected chi connectivity index (χ0v) is 14.1. The van der Waals surface area contributed by atoms with Crippen molar-refractivity contribution < 1.29 is 9.18 Å². The largest absolute Gasteiger partial charge is 0.345 e. The number of halogens is 1. The third-order valence-corrected chi connectivity index (χ3v) is 4.09. The van der Waals surface area contributed by atoms with E-state index in [-0.39, 0.29) is 24.2 Å². The summed E-state index contributed by atoms with van der Waals surface area (Å²) in [5, 5.41) is 3.11. The molecule has 25 heavy (non-hydrogen) atoms. The van der Waals surface area contributed by atoms with Gasteiger partial charge in [-0.25, -0.2) is 4.39 Å². The summed E-state index contributed by atoms with van der Waals surface area (Å²) in [6, 6.07) is 23.8. The van der Waals surface area contributed by atoms with Gasteiger partial charge in [-0.05, 0) is 35.7 Å². The monoisotopic (exact) mass is 333 g/mol. The fraction of sp³-hybridized carbons (Fsp3) is 0.136. The fourth-order valence-electron chi connectivity index (χ4n) is 2.85. The predicted molar refractivity (Wildman–Crippen MR) is 97.7 cm³/mol. The van der Waals surface area contributed by atoms with Crippen molar-refractivity contribution in [3.8, 4) is 0 Å². The molecule has 3 aromatic carbocycles. The van der Waals surface area contributed by atoms with E-state index in [1.165, 1.54) is 12.1 Å².